The Balaban J connectivity index is 4.02. The van der Waals surface area contributed by atoms with Crippen molar-refractivity contribution < 1.29 is 0 Å². The molecule has 0 aromatic heterocycles. The van der Waals surface area contributed by atoms with Gasteiger partial charge in [0.1, 0.15) is 0 Å². The van der Waals surface area contributed by atoms with Gasteiger partial charge in [-0.2, -0.15) is 0 Å². The molecule has 1 N–H and O–H groups in total. The molecule has 2 atom stereocenters. The smallest absolute Gasteiger partial charge is 0.0224 e. The van der Waals surface area contributed by atoms with Crippen molar-refractivity contribution in [1.82, 2.24) is 5.32 Å². The summed E-state index contributed by atoms with van der Waals surface area (Å²) in [4.78, 5) is 0. The first-order valence-electron chi connectivity index (χ1n) is 4.98. The van der Waals surface area contributed by atoms with Gasteiger partial charge in [0.15, 0.2) is 0 Å². The van der Waals surface area contributed by atoms with Crippen molar-refractivity contribution in [3.63, 3.8) is 0 Å². The molecule has 1 heteroatoms. The van der Waals surface area contributed by atoms with E-state index < -0.39 is 0 Å². The van der Waals surface area contributed by atoms with Crippen molar-refractivity contribution in [2.75, 3.05) is 0 Å². The first-order chi connectivity index (χ1) is 5.58. The van der Waals surface area contributed by atoms with Crippen LogP contribution in [0.4, 0.5) is 0 Å². The van der Waals surface area contributed by atoms with Crippen LogP contribution in [-0.2, 0) is 0 Å². The summed E-state index contributed by atoms with van der Waals surface area (Å²) in [6.45, 7) is 12.7. The van der Waals surface area contributed by atoms with E-state index in [1.807, 2.05) is 6.08 Å². The zero-order valence-corrected chi connectivity index (χ0v) is 8.98. The molecule has 0 aliphatic heterocycles. The maximum absolute atomic E-state index is 3.78. The molecule has 0 bridgehead atoms. The van der Waals surface area contributed by atoms with Crippen LogP contribution in [0, 0.1) is 0 Å². The largest absolute Gasteiger partial charge is 0.306 e. The quantitative estimate of drug-likeness (QED) is 0.602. The third-order valence-corrected chi connectivity index (χ3v) is 2.51. The molecule has 0 saturated carbocycles. The molecule has 0 rings (SSSR count). The first kappa shape index (κ1) is 11.7. The molecule has 12 heavy (non-hydrogen) atoms. The summed E-state index contributed by atoms with van der Waals surface area (Å²) < 4.78 is 0. The molecule has 0 radical (unpaired) electrons. The van der Waals surface area contributed by atoms with E-state index >= 15 is 0 Å². The highest BCUT2D eigenvalue weighted by atomic mass is 15.0. The second kappa shape index (κ2) is 5.36. The first-order valence-corrected chi connectivity index (χ1v) is 4.98. The Morgan fingerprint density at radius 3 is 2.42 bits per heavy atom. The SMILES string of the molecule is C=CC(C)NC(C)(CC)CCC. The summed E-state index contributed by atoms with van der Waals surface area (Å²) >= 11 is 0. The monoisotopic (exact) mass is 169 g/mol. The normalized spacial score (nSPS) is 18.3. The Hall–Kier alpha value is -0.300. The average molecular weight is 169 g/mol. The van der Waals surface area contributed by atoms with Crippen LogP contribution >= 0.6 is 0 Å². The fourth-order valence-electron chi connectivity index (χ4n) is 1.51. The van der Waals surface area contributed by atoms with Crippen LogP contribution in [0.1, 0.15) is 47.0 Å². The highest BCUT2D eigenvalue weighted by Crippen LogP contribution is 2.17. The van der Waals surface area contributed by atoms with Crippen LogP contribution in [0.3, 0.4) is 0 Å². The number of hydrogen-bond donors (Lipinski definition) is 1. The minimum atomic E-state index is 0.294. The number of nitrogens with one attached hydrogen (secondary N) is 1. The lowest BCUT2D eigenvalue weighted by Gasteiger charge is -2.32. The maximum atomic E-state index is 3.78. The van der Waals surface area contributed by atoms with Gasteiger partial charge in [-0.05, 0) is 26.7 Å². The van der Waals surface area contributed by atoms with E-state index in [1.54, 1.807) is 0 Å². The van der Waals surface area contributed by atoms with E-state index in [1.165, 1.54) is 19.3 Å². The van der Waals surface area contributed by atoms with Gasteiger partial charge in [-0.15, -0.1) is 6.58 Å². The second-order valence-corrected chi connectivity index (χ2v) is 3.83. The van der Waals surface area contributed by atoms with Crippen LogP contribution in [0.25, 0.3) is 0 Å². The summed E-state index contributed by atoms with van der Waals surface area (Å²) in [7, 11) is 0. The summed E-state index contributed by atoms with van der Waals surface area (Å²) in [5.74, 6) is 0. The number of hydrogen-bond acceptors (Lipinski definition) is 1. The molecule has 0 saturated heterocycles. The summed E-state index contributed by atoms with van der Waals surface area (Å²) in [5.41, 5.74) is 0.294. The molecule has 0 aliphatic rings. The van der Waals surface area contributed by atoms with Gasteiger partial charge in [0.25, 0.3) is 0 Å². The van der Waals surface area contributed by atoms with E-state index in [4.69, 9.17) is 0 Å². The van der Waals surface area contributed by atoms with Crippen LogP contribution in [-0.4, -0.2) is 11.6 Å². The highest BCUT2D eigenvalue weighted by molar-refractivity contribution is 4.90. The van der Waals surface area contributed by atoms with Crippen molar-refractivity contribution in [2.45, 2.75) is 58.5 Å². The van der Waals surface area contributed by atoms with Gasteiger partial charge in [-0.25, -0.2) is 0 Å². The van der Waals surface area contributed by atoms with Crippen molar-refractivity contribution in [2.24, 2.45) is 0 Å². The molecule has 1 nitrogen and oxygen atoms in total. The van der Waals surface area contributed by atoms with Gasteiger partial charge in [0.05, 0.1) is 0 Å². The zero-order chi connectivity index (χ0) is 9.61. The van der Waals surface area contributed by atoms with Crippen molar-refractivity contribution in [3.8, 4) is 0 Å². The van der Waals surface area contributed by atoms with Crippen LogP contribution in [0.5, 0.6) is 0 Å². The fourth-order valence-corrected chi connectivity index (χ4v) is 1.51. The molecule has 2 unspecified atom stereocenters. The minimum absolute atomic E-state index is 0.294. The lowest BCUT2D eigenvalue weighted by atomic mass is 9.92. The topological polar surface area (TPSA) is 12.0 Å². The number of rotatable bonds is 6. The molecule has 0 amide bonds. The molecule has 0 aliphatic carbocycles. The predicted octanol–water partition coefficient (Wildman–Crippen LogP) is 3.12. The molecular weight excluding hydrogens is 146 g/mol. The summed E-state index contributed by atoms with van der Waals surface area (Å²) in [5, 5.41) is 3.58. The van der Waals surface area contributed by atoms with Gasteiger partial charge < -0.3 is 5.32 Å². The Kier molecular flexibility index (Phi) is 5.23. The van der Waals surface area contributed by atoms with E-state index in [0.29, 0.717) is 11.6 Å². The Labute approximate surface area is 77.2 Å². The Morgan fingerprint density at radius 1 is 1.50 bits per heavy atom. The molecule has 0 aromatic rings. The minimum Gasteiger partial charge on any atom is -0.306 e. The van der Waals surface area contributed by atoms with Crippen molar-refractivity contribution in [3.05, 3.63) is 12.7 Å². The zero-order valence-electron chi connectivity index (χ0n) is 8.98. The summed E-state index contributed by atoms with van der Waals surface area (Å²) in [6.07, 6.45) is 5.62. The van der Waals surface area contributed by atoms with E-state index in [-0.39, 0.29) is 0 Å². The van der Waals surface area contributed by atoms with Crippen molar-refractivity contribution >= 4 is 0 Å². The van der Waals surface area contributed by atoms with Gasteiger partial charge in [-0.1, -0.05) is 26.3 Å². The molecular formula is C11H23N. The maximum Gasteiger partial charge on any atom is 0.0224 e. The molecule has 0 heterocycles. The van der Waals surface area contributed by atoms with E-state index in [0.717, 1.165) is 0 Å². The molecule has 0 spiro atoms. The van der Waals surface area contributed by atoms with E-state index in [9.17, 15) is 0 Å². The Bertz CT molecular complexity index is 131. The van der Waals surface area contributed by atoms with Gasteiger partial charge in [-0.3, -0.25) is 0 Å². The van der Waals surface area contributed by atoms with Gasteiger partial charge in [0.2, 0.25) is 0 Å². The third kappa shape index (κ3) is 3.91. The lowest BCUT2D eigenvalue weighted by molar-refractivity contribution is 0.302. The molecule has 0 fully saturated rings. The fraction of sp³-hybridized carbons (Fsp3) is 0.818. The van der Waals surface area contributed by atoms with Gasteiger partial charge in [0, 0.05) is 11.6 Å². The Morgan fingerprint density at radius 2 is 2.08 bits per heavy atom. The molecule has 0 aromatic carbocycles. The van der Waals surface area contributed by atoms with Crippen LogP contribution < -0.4 is 5.32 Å². The lowest BCUT2D eigenvalue weighted by Crippen LogP contribution is -2.45. The van der Waals surface area contributed by atoms with Crippen LogP contribution in [0.2, 0.25) is 0 Å². The predicted molar refractivity (Wildman–Crippen MR) is 56.4 cm³/mol. The molecule has 72 valence electrons. The van der Waals surface area contributed by atoms with E-state index in [2.05, 4.69) is 39.6 Å². The average Bonchev–Trinajstić information content (AvgIpc) is 2.05. The van der Waals surface area contributed by atoms with Gasteiger partial charge >= 0.3 is 0 Å². The second-order valence-electron chi connectivity index (χ2n) is 3.83. The highest BCUT2D eigenvalue weighted by Gasteiger charge is 2.20. The van der Waals surface area contributed by atoms with Crippen LogP contribution in [0.15, 0.2) is 12.7 Å². The van der Waals surface area contributed by atoms with Crippen molar-refractivity contribution in [1.29, 1.82) is 0 Å². The summed E-state index contributed by atoms with van der Waals surface area (Å²) in [6, 6.07) is 0.418. The standard InChI is InChI=1S/C11H23N/c1-6-9-11(5,8-3)12-10(4)7-2/h7,10,12H,2,6,8-9H2,1,3-5H3. The third-order valence-electron chi connectivity index (χ3n) is 2.51.